The SMILES string of the molecule is CCC(C)OC(=O)c1cc2cc(C(=O)Nc3ccc4[nH]c(C(=O)O)cc4c3)ccc2[nH]1. The van der Waals surface area contributed by atoms with Gasteiger partial charge in [0.05, 0.1) is 6.10 Å². The second-order valence-electron chi connectivity index (χ2n) is 7.35. The Morgan fingerprint density at radius 3 is 2.32 bits per heavy atom. The first-order valence-corrected chi connectivity index (χ1v) is 9.85. The number of carbonyl (C=O) groups is 3. The van der Waals surface area contributed by atoms with E-state index in [2.05, 4.69) is 15.3 Å². The normalized spacial score (nSPS) is 12.1. The standard InChI is InChI=1S/C23H21N3O5/c1-3-12(2)31-23(30)20-11-14-8-13(4-6-17(14)26-20)21(27)24-16-5-7-18-15(9-16)10-19(25-18)22(28)29/h4-12,25-26H,3H2,1-2H3,(H,24,27)(H,28,29). The summed E-state index contributed by atoms with van der Waals surface area (Å²) in [5.74, 6) is -1.80. The predicted octanol–water partition coefficient (Wildman–Crippen LogP) is 4.56. The monoisotopic (exact) mass is 419 g/mol. The number of carbonyl (C=O) groups excluding carboxylic acids is 2. The number of rotatable bonds is 6. The topological polar surface area (TPSA) is 124 Å². The molecule has 1 atom stereocenters. The summed E-state index contributed by atoms with van der Waals surface area (Å²) in [5.41, 5.74) is 2.77. The van der Waals surface area contributed by atoms with Crippen molar-refractivity contribution in [1.82, 2.24) is 9.97 Å². The molecule has 0 radical (unpaired) electrons. The van der Waals surface area contributed by atoms with Crippen LogP contribution in [0.15, 0.2) is 48.5 Å². The molecule has 1 amide bonds. The quantitative estimate of drug-likeness (QED) is 0.341. The Kier molecular flexibility index (Phi) is 5.21. The number of benzene rings is 2. The van der Waals surface area contributed by atoms with Gasteiger partial charge in [-0.1, -0.05) is 6.92 Å². The maximum Gasteiger partial charge on any atom is 0.355 e. The third kappa shape index (κ3) is 4.13. The number of nitrogens with one attached hydrogen (secondary N) is 3. The van der Waals surface area contributed by atoms with Crippen LogP contribution in [-0.4, -0.2) is 39.0 Å². The maximum absolute atomic E-state index is 12.7. The summed E-state index contributed by atoms with van der Waals surface area (Å²) in [7, 11) is 0. The van der Waals surface area contributed by atoms with Gasteiger partial charge in [-0.15, -0.1) is 0 Å². The zero-order valence-corrected chi connectivity index (χ0v) is 17.0. The molecule has 0 fully saturated rings. The summed E-state index contributed by atoms with van der Waals surface area (Å²) < 4.78 is 5.33. The molecule has 4 N–H and O–H groups in total. The number of esters is 1. The number of carboxylic acid groups (broad SMARTS) is 1. The number of aromatic amines is 2. The summed E-state index contributed by atoms with van der Waals surface area (Å²) in [5, 5.41) is 13.3. The average molecular weight is 419 g/mol. The smallest absolute Gasteiger partial charge is 0.355 e. The number of hydrogen-bond donors (Lipinski definition) is 4. The largest absolute Gasteiger partial charge is 0.477 e. The fraction of sp³-hybridized carbons (Fsp3) is 0.174. The van der Waals surface area contributed by atoms with Gasteiger partial charge >= 0.3 is 11.9 Å². The van der Waals surface area contributed by atoms with Crippen molar-refractivity contribution in [3.8, 4) is 0 Å². The Hall–Kier alpha value is -4.07. The molecular formula is C23H21N3O5. The van der Waals surface area contributed by atoms with Crippen molar-refractivity contribution in [3.63, 3.8) is 0 Å². The lowest BCUT2D eigenvalue weighted by atomic mass is 10.1. The molecule has 8 heteroatoms. The first-order valence-electron chi connectivity index (χ1n) is 9.85. The van der Waals surface area contributed by atoms with Gasteiger partial charge in [0.1, 0.15) is 11.4 Å². The lowest BCUT2D eigenvalue weighted by Gasteiger charge is -2.09. The van der Waals surface area contributed by atoms with Crippen molar-refractivity contribution in [1.29, 1.82) is 0 Å². The van der Waals surface area contributed by atoms with Gasteiger partial charge in [0, 0.05) is 33.1 Å². The van der Waals surface area contributed by atoms with Crippen LogP contribution in [-0.2, 0) is 4.74 Å². The Morgan fingerprint density at radius 1 is 0.968 bits per heavy atom. The van der Waals surface area contributed by atoms with E-state index in [-0.39, 0.29) is 17.7 Å². The summed E-state index contributed by atoms with van der Waals surface area (Å²) in [6, 6.07) is 13.4. The lowest BCUT2D eigenvalue weighted by Crippen LogP contribution is -2.14. The number of aromatic carboxylic acids is 1. The highest BCUT2D eigenvalue weighted by Gasteiger charge is 2.15. The molecule has 0 saturated heterocycles. The predicted molar refractivity (Wildman–Crippen MR) is 117 cm³/mol. The molecule has 31 heavy (non-hydrogen) atoms. The molecule has 0 bridgehead atoms. The van der Waals surface area contributed by atoms with Crippen LogP contribution in [0, 0.1) is 0 Å². The summed E-state index contributed by atoms with van der Waals surface area (Å²) >= 11 is 0. The van der Waals surface area contributed by atoms with Crippen LogP contribution in [0.1, 0.15) is 51.6 Å². The van der Waals surface area contributed by atoms with E-state index in [4.69, 9.17) is 9.84 Å². The van der Waals surface area contributed by atoms with E-state index < -0.39 is 11.9 Å². The third-order valence-electron chi connectivity index (χ3n) is 5.10. The Labute approximate surface area is 177 Å². The number of fused-ring (bicyclic) bond motifs is 2. The maximum atomic E-state index is 12.7. The Morgan fingerprint density at radius 2 is 1.61 bits per heavy atom. The number of carboxylic acids is 1. The molecule has 0 aliphatic carbocycles. The molecule has 2 aromatic carbocycles. The molecule has 0 saturated carbocycles. The molecule has 0 spiro atoms. The van der Waals surface area contributed by atoms with Gasteiger partial charge in [-0.2, -0.15) is 0 Å². The fourth-order valence-electron chi connectivity index (χ4n) is 3.24. The molecular weight excluding hydrogens is 398 g/mol. The van der Waals surface area contributed by atoms with E-state index in [1.54, 1.807) is 42.5 Å². The Bertz CT molecular complexity index is 1320. The van der Waals surface area contributed by atoms with Gasteiger partial charge in [-0.25, -0.2) is 9.59 Å². The van der Waals surface area contributed by atoms with E-state index in [0.29, 0.717) is 27.8 Å². The van der Waals surface area contributed by atoms with Gasteiger partial charge in [0.15, 0.2) is 0 Å². The summed E-state index contributed by atoms with van der Waals surface area (Å²) in [6.45, 7) is 3.77. The molecule has 8 nitrogen and oxygen atoms in total. The van der Waals surface area contributed by atoms with E-state index in [1.165, 1.54) is 6.07 Å². The lowest BCUT2D eigenvalue weighted by molar-refractivity contribution is 0.0328. The molecule has 2 heterocycles. The third-order valence-corrected chi connectivity index (χ3v) is 5.10. The molecule has 4 aromatic rings. The van der Waals surface area contributed by atoms with Crippen molar-refractivity contribution in [2.24, 2.45) is 0 Å². The fourth-order valence-corrected chi connectivity index (χ4v) is 3.24. The van der Waals surface area contributed by atoms with Crippen molar-refractivity contribution in [3.05, 3.63) is 65.5 Å². The second kappa shape index (κ2) is 7.98. The van der Waals surface area contributed by atoms with Crippen molar-refractivity contribution in [2.75, 3.05) is 5.32 Å². The molecule has 1 unspecified atom stereocenters. The van der Waals surface area contributed by atoms with Crippen LogP contribution in [0.3, 0.4) is 0 Å². The summed E-state index contributed by atoms with van der Waals surface area (Å²) in [4.78, 5) is 41.9. The number of ether oxygens (including phenoxy) is 1. The highest BCUT2D eigenvalue weighted by atomic mass is 16.5. The number of anilines is 1. The molecule has 4 rings (SSSR count). The number of hydrogen-bond acceptors (Lipinski definition) is 4. The number of amides is 1. The minimum Gasteiger partial charge on any atom is -0.477 e. The molecule has 158 valence electrons. The van der Waals surface area contributed by atoms with Crippen LogP contribution in [0.2, 0.25) is 0 Å². The van der Waals surface area contributed by atoms with Crippen molar-refractivity contribution < 1.29 is 24.2 Å². The van der Waals surface area contributed by atoms with Gasteiger partial charge in [-0.05, 0) is 61.9 Å². The number of aromatic nitrogens is 2. The average Bonchev–Trinajstić information content (AvgIpc) is 3.36. The minimum absolute atomic E-state index is 0.0825. The van der Waals surface area contributed by atoms with Gasteiger partial charge in [0.25, 0.3) is 5.91 Å². The number of H-pyrrole nitrogens is 2. The second-order valence-corrected chi connectivity index (χ2v) is 7.35. The van der Waals surface area contributed by atoms with Crippen molar-refractivity contribution >= 4 is 45.3 Å². The highest BCUT2D eigenvalue weighted by Crippen LogP contribution is 2.22. The van der Waals surface area contributed by atoms with Crippen LogP contribution in [0.5, 0.6) is 0 Å². The highest BCUT2D eigenvalue weighted by molar-refractivity contribution is 6.07. The van der Waals surface area contributed by atoms with Crippen LogP contribution in [0.25, 0.3) is 21.8 Å². The molecule has 2 aromatic heterocycles. The summed E-state index contributed by atoms with van der Waals surface area (Å²) in [6.07, 6.45) is 0.548. The zero-order valence-electron chi connectivity index (χ0n) is 17.0. The minimum atomic E-state index is -1.05. The molecule has 0 aliphatic rings. The van der Waals surface area contributed by atoms with Crippen LogP contribution in [0.4, 0.5) is 5.69 Å². The van der Waals surface area contributed by atoms with E-state index in [0.717, 1.165) is 17.3 Å². The van der Waals surface area contributed by atoms with E-state index >= 15 is 0 Å². The van der Waals surface area contributed by atoms with Crippen LogP contribution < -0.4 is 5.32 Å². The zero-order chi connectivity index (χ0) is 22.1. The van der Waals surface area contributed by atoms with E-state index in [1.807, 2.05) is 13.8 Å². The van der Waals surface area contributed by atoms with E-state index in [9.17, 15) is 14.4 Å². The molecule has 0 aliphatic heterocycles. The van der Waals surface area contributed by atoms with Crippen LogP contribution >= 0.6 is 0 Å². The van der Waals surface area contributed by atoms with Gasteiger partial charge < -0.3 is 25.1 Å². The first kappa shape index (κ1) is 20.2. The van der Waals surface area contributed by atoms with Gasteiger partial charge in [0.2, 0.25) is 0 Å². The first-order chi connectivity index (χ1) is 14.8. The Balaban J connectivity index is 1.54. The van der Waals surface area contributed by atoms with Crippen molar-refractivity contribution in [2.45, 2.75) is 26.4 Å². The van der Waals surface area contributed by atoms with Gasteiger partial charge in [-0.3, -0.25) is 4.79 Å².